The minimum atomic E-state index is 0.0789. The van der Waals surface area contributed by atoms with Crippen molar-refractivity contribution in [2.75, 3.05) is 5.75 Å². The lowest BCUT2D eigenvalue weighted by Crippen LogP contribution is -2.02. The van der Waals surface area contributed by atoms with Crippen LogP contribution >= 0.6 is 23.1 Å². The largest absolute Gasteiger partial charge is 0.292 e. The normalized spacial score (nSPS) is 11.0. The Morgan fingerprint density at radius 1 is 1.17 bits per heavy atom. The van der Waals surface area contributed by atoms with Gasteiger partial charge in [0.1, 0.15) is 0 Å². The number of aromatic nitrogens is 5. The van der Waals surface area contributed by atoms with Crippen molar-refractivity contribution in [2.24, 2.45) is 0 Å². The Morgan fingerprint density at radius 2 is 2.12 bits per heavy atom. The molecule has 6 nitrogen and oxygen atoms in total. The highest BCUT2D eigenvalue weighted by molar-refractivity contribution is 7.99. The van der Waals surface area contributed by atoms with E-state index in [4.69, 9.17) is 0 Å². The van der Waals surface area contributed by atoms with Crippen LogP contribution in [-0.4, -0.2) is 36.3 Å². The van der Waals surface area contributed by atoms with E-state index in [0.717, 1.165) is 16.1 Å². The summed E-state index contributed by atoms with van der Waals surface area (Å²) in [6, 6.07) is 11.2. The zero-order chi connectivity index (χ0) is 16.4. The van der Waals surface area contributed by atoms with Gasteiger partial charge >= 0.3 is 0 Å². The summed E-state index contributed by atoms with van der Waals surface area (Å²) in [5, 5.41) is 15.3. The predicted octanol–water partition coefficient (Wildman–Crippen LogP) is 3.22. The molecule has 24 heavy (non-hydrogen) atoms. The maximum absolute atomic E-state index is 12.1. The molecule has 0 radical (unpaired) electrons. The first-order valence-corrected chi connectivity index (χ1v) is 9.00. The van der Waals surface area contributed by atoms with Gasteiger partial charge in [-0.25, -0.2) is 0 Å². The average molecular weight is 353 g/mol. The number of hydrogen-bond acceptors (Lipinski definition) is 7. The Kier molecular flexibility index (Phi) is 4.06. The lowest BCUT2D eigenvalue weighted by molar-refractivity contribution is 0.102. The lowest BCUT2D eigenvalue weighted by Gasteiger charge is -2.02. The van der Waals surface area contributed by atoms with Crippen LogP contribution in [0.1, 0.15) is 9.67 Å². The number of fused-ring (bicyclic) bond motifs is 1. The Hall–Kier alpha value is -2.58. The molecule has 0 saturated carbocycles. The summed E-state index contributed by atoms with van der Waals surface area (Å²) in [6.45, 7) is 0. The third-order valence-corrected chi connectivity index (χ3v) is 5.15. The van der Waals surface area contributed by atoms with Crippen LogP contribution in [0, 0.1) is 0 Å². The zero-order valence-electron chi connectivity index (χ0n) is 12.4. The van der Waals surface area contributed by atoms with Crippen molar-refractivity contribution in [3.05, 3.63) is 59.0 Å². The summed E-state index contributed by atoms with van der Waals surface area (Å²) in [6.07, 6.45) is 3.48. The van der Waals surface area contributed by atoms with Crippen LogP contribution in [-0.2, 0) is 0 Å². The maximum Gasteiger partial charge on any atom is 0.212 e. The highest BCUT2D eigenvalue weighted by Gasteiger charge is 2.13. The molecule has 4 rings (SSSR count). The molecule has 0 atom stereocenters. The molecule has 0 saturated heterocycles. The maximum atomic E-state index is 12.1. The summed E-state index contributed by atoms with van der Waals surface area (Å²) >= 11 is 2.78. The Labute approximate surface area is 145 Å². The third kappa shape index (κ3) is 2.93. The molecule has 0 fully saturated rings. The van der Waals surface area contributed by atoms with Crippen molar-refractivity contribution in [1.29, 1.82) is 0 Å². The van der Waals surface area contributed by atoms with Gasteiger partial charge in [0.2, 0.25) is 5.16 Å². The first kappa shape index (κ1) is 15.0. The van der Waals surface area contributed by atoms with Gasteiger partial charge in [0.15, 0.2) is 11.4 Å². The molecule has 0 unspecified atom stereocenters. The molecule has 0 aromatic carbocycles. The smallest absolute Gasteiger partial charge is 0.212 e. The fourth-order valence-corrected chi connectivity index (χ4v) is 3.69. The van der Waals surface area contributed by atoms with Gasteiger partial charge in [-0.15, -0.1) is 21.5 Å². The first-order valence-electron chi connectivity index (χ1n) is 7.13. The van der Waals surface area contributed by atoms with Crippen LogP contribution in [0.5, 0.6) is 0 Å². The van der Waals surface area contributed by atoms with E-state index in [2.05, 4.69) is 20.3 Å². The fraction of sp³-hybridized carbons (Fsp3) is 0.0625. The number of hydrogen-bond donors (Lipinski definition) is 0. The Balaban J connectivity index is 1.60. The molecule has 4 heterocycles. The van der Waals surface area contributed by atoms with Gasteiger partial charge in [0.25, 0.3) is 0 Å². The van der Waals surface area contributed by atoms with Crippen molar-refractivity contribution in [1.82, 2.24) is 24.8 Å². The minimum Gasteiger partial charge on any atom is -0.292 e. The second-order valence-electron chi connectivity index (χ2n) is 4.90. The average Bonchev–Trinajstić information content (AvgIpc) is 3.30. The number of carbonyl (C=O) groups is 1. The van der Waals surface area contributed by atoms with Crippen LogP contribution in [0.2, 0.25) is 0 Å². The van der Waals surface area contributed by atoms with Crippen molar-refractivity contribution in [3.63, 3.8) is 0 Å². The topological polar surface area (TPSA) is 73.0 Å². The summed E-state index contributed by atoms with van der Waals surface area (Å²) in [4.78, 5) is 17.0. The number of ketones is 1. The molecule has 4 aromatic heterocycles. The summed E-state index contributed by atoms with van der Waals surface area (Å²) < 4.78 is 1.66. The van der Waals surface area contributed by atoms with Gasteiger partial charge in [-0.1, -0.05) is 17.8 Å². The van der Waals surface area contributed by atoms with E-state index in [1.807, 2.05) is 41.8 Å². The molecule has 4 aromatic rings. The van der Waals surface area contributed by atoms with Gasteiger partial charge in [-0.3, -0.25) is 9.78 Å². The molecule has 0 aliphatic carbocycles. The second kappa shape index (κ2) is 6.50. The lowest BCUT2D eigenvalue weighted by atomic mass is 10.2. The number of rotatable bonds is 5. The van der Waals surface area contributed by atoms with Gasteiger partial charge in [0, 0.05) is 18.0 Å². The van der Waals surface area contributed by atoms with Crippen LogP contribution < -0.4 is 0 Å². The van der Waals surface area contributed by atoms with E-state index in [-0.39, 0.29) is 5.78 Å². The quantitative estimate of drug-likeness (QED) is 0.405. The van der Waals surface area contributed by atoms with E-state index >= 15 is 0 Å². The molecule has 118 valence electrons. The molecule has 0 bridgehead atoms. The monoisotopic (exact) mass is 353 g/mol. The number of pyridine rings is 1. The van der Waals surface area contributed by atoms with E-state index in [0.29, 0.717) is 16.6 Å². The second-order valence-corrected chi connectivity index (χ2v) is 6.79. The third-order valence-electron chi connectivity index (χ3n) is 3.32. The van der Waals surface area contributed by atoms with Gasteiger partial charge < -0.3 is 0 Å². The summed E-state index contributed by atoms with van der Waals surface area (Å²) in [5.74, 6) is 0.385. The first-order chi connectivity index (χ1) is 11.8. The van der Waals surface area contributed by atoms with E-state index in [1.54, 1.807) is 16.9 Å². The van der Waals surface area contributed by atoms with E-state index < -0.39 is 0 Å². The standard InChI is InChI=1S/C16H11N5OS2/c22-13(14-4-2-8-23-14)10-24-16-19-18-15-6-5-12(20-21(15)16)11-3-1-7-17-9-11/h1-9H,10H2. The van der Waals surface area contributed by atoms with Crippen LogP contribution in [0.3, 0.4) is 0 Å². The Morgan fingerprint density at radius 3 is 2.92 bits per heavy atom. The molecular formula is C16H11N5OS2. The number of thioether (sulfide) groups is 1. The number of thiophene rings is 1. The molecule has 8 heteroatoms. The van der Waals surface area contributed by atoms with Crippen LogP contribution in [0.15, 0.2) is 59.3 Å². The predicted molar refractivity (Wildman–Crippen MR) is 93.4 cm³/mol. The van der Waals surface area contributed by atoms with Crippen molar-refractivity contribution in [2.45, 2.75) is 5.16 Å². The molecular weight excluding hydrogens is 342 g/mol. The highest BCUT2D eigenvalue weighted by Crippen LogP contribution is 2.21. The summed E-state index contributed by atoms with van der Waals surface area (Å²) in [5.41, 5.74) is 2.34. The molecule has 0 aliphatic rings. The fourth-order valence-electron chi connectivity index (χ4n) is 2.17. The van der Waals surface area contributed by atoms with Crippen molar-refractivity contribution < 1.29 is 4.79 Å². The molecule has 0 spiro atoms. The zero-order valence-corrected chi connectivity index (χ0v) is 14.0. The molecule has 0 amide bonds. The van der Waals surface area contributed by atoms with Gasteiger partial charge in [-0.05, 0) is 35.7 Å². The van der Waals surface area contributed by atoms with Crippen LogP contribution in [0.25, 0.3) is 16.9 Å². The SMILES string of the molecule is O=C(CSc1nnc2ccc(-c3cccnc3)nn12)c1cccs1. The number of carbonyl (C=O) groups excluding carboxylic acids is 1. The molecule has 0 N–H and O–H groups in total. The Bertz CT molecular complexity index is 982. The summed E-state index contributed by atoms with van der Waals surface area (Å²) in [7, 11) is 0. The van der Waals surface area contributed by atoms with E-state index in [9.17, 15) is 4.79 Å². The number of nitrogens with zero attached hydrogens (tertiary/aromatic N) is 5. The van der Waals surface area contributed by atoms with Crippen molar-refractivity contribution in [3.8, 4) is 11.3 Å². The number of Topliss-reactive ketones (excluding diaryl/α,β-unsaturated/α-hetero) is 1. The molecule has 0 aliphatic heterocycles. The minimum absolute atomic E-state index is 0.0789. The van der Waals surface area contributed by atoms with Gasteiger partial charge in [-0.2, -0.15) is 9.61 Å². The van der Waals surface area contributed by atoms with Crippen LogP contribution in [0.4, 0.5) is 0 Å². The van der Waals surface area contributed by atoms with Gasteiger partial charge in [0.05, 0.1) is 16.3 Å². The highest BCUT2D eigenvalue weighted by atomic mass is 32.2. The van der Waals surface area contributed by atoms with E-state index in [1.165, 1.54) is 23.1 Å². The van der Waals surface area contributed by atoms with Crippen molar-refractivity contribution >= 4 is 34.5 Å².